The minimum atomic E-state index is 0.00392. The molecule has 0 bridgehead atoms. The maximum Gasteiger partial charge on any atom is 0.155 e. The van der Waals surface area contributed by atoms with Crippen LogP contribution in [0.25, 0.3) is 0 Å². The smallest absolute Gasteiger partial charge is 0.155 e. The largest absolute Gasteiger partial charge is 0.299 e. The van der Waals surface area contributed by atoms with Crippen molar-refractivity contribution in [1.82, 2.24) is 0 Å². The van der Waals surface area contributed by atoms with Crippen LogP contribution in [0, 0.1) is 52.3 Å². The maximum atomic E-state index is 12.8. The van der Waals surface area contributed by atoms with Gasteiger partial charge in [-0.05, 0) is 79.1 Å². The van der Waals surface area contributed by atoms with E-state index in [-0.39, 0.29) is 10.8 Å². The van der Waals surface area contributed by atoms with Gasteiger partial charge in [0.05, 0.1) is 0 Å². The van der Waals surface area contributed by atoms with Gasteiger partial charge in [0.2, 0.25) is 0 Å². The summed E-state index contributed by atoms with van der Waals surface area (Å²) >= 11 is 0. The Morgan fingerprint density at radius 2 is 1.78 bits per heavy atom. The Labute approximate surface area is 138 Å². The molecule has 0 aromatic rings. The molecule has 5 saturated carbocycles. The highest BCUT2D eigenvalue weighted by Gasteiger charge is 2.74. The Kier molecular flexibility index (Phi) is 2.14. The molecule has 2 heteroatoms. The summed E-state index contributed by atoms with van der Waals surface area (Å²) in [7, 11) is 0. The second kappa shape index (κ2) is 3.68. The number of ketones is 2. The summed E-state index contributed by atoms with van der Waals surface area (Å²) < 4.78 is 0. The van der Waals surface area contributed by atoms with Crippen molar-refractivity contribution in [3.05, 3.63) is 11.6 Å². The summed E-state index contributed by atoms with van der Waals surface area (Å²) in [5.74, 6) is 5.78. The molecule has 9 atom stereocenters. The molecule has 6 aliphatic carbocycles. The van der Waals surface area contributed by atoms with E-state index in [2.05, 4.69) is 13.8 Å². The third kappa shape index (κ3) is 1.36. The summed E-state index contributed by atoms with van der Waals surface area (Å²) in [6.45, 7) is 4.76. The average Bonchev–Trinajstić information content (AvgIpc) is 3.40. The first-order valence-corrected chi connectivity index (χ1v) is 9.74. The molecule has 0 aromatic carbocycles. The molecule has 6 aliphatic rings. The quantitative estimate of drug-likeness (QED) is 0.682. The first kappa shape index (κ1) is 13.4. The van der Waals surface area contributed by atoms with Crippen molar-refractivity contribution in [2.24, 2.45) is 52.3 Å². The van der Waals surface area contributed by atoms with E-state index in [1.54, 1.807) is 0 Å². The third-order valence-corrected chi connectivity index (χ3v) is 9.21. The molecule has 122 valence electrons. The van der Waals surface area contributed by atoms with Gasteiger partial charge in [-0.15, -0.1) is 0 Å². The van der Waals surface area contributed by atoms with Gasteiger partial charge in [-0.25, -0.2) is 0 Å². The Balaban J connectivity index is 1.47. The van der Waals surface area contributed by atoms with E-state index in [4.69, 9.17) is 0 Å². The second-order valence-electron chi connectivity index (χ2n) is 10.0. The van der Waals surface area contributed by atoms with Crippen LogP contribution < -0.4 is 0 Å². The minimum absolute atomic E-state index is 0.00392. The second-order valence-corrected chi connectivity index (χ2v) is 10.0. The number of Topliss-reactive ketones (excluding diaryl/α,β-unsaturated/α-hetero) is 1. The third-order valence-electron chi connectivity index (χ3n) is 9.21. The van der Waals surface area contributed by atoms with E-state index in [1.807, 2.05) is 6.08 Å². The Bertz CT molecular complexity index is 690. The lowest BCUT2D eigenvalue weighted by atomic mass is 9.46. The van der Waals surface area contributed by atoms with Crippen LogP contribution >= 0.6 is 0 Å². The van der Waals surface area contributed by atoms with Gasteiger partial charge in [-0.1, -0.05) is 19.4 Å². The molecule has 6 rings (SSSR count). The van der Waals surface area contributed by atoms with Gasteiger partial charge in [-0.2, -0.15) is 0 Å². The summed E-state index contributed by atoms with van der Waals surface area (Å²) in [5, 5.41) is 0. The van der Waals surface area contributed by atoms with Crippen LogP contribution in [-0.2, 0) is 9.59 Å². The van der Waals surface area contributed by atoms with Crippen LogP contribution in [-0.4, -0.2) is 11.6 Å². The molecular weight excluding hydrogens is 284 g/mol. The molecule has 0 aliphatic heterocycles. The number of hydrogen-bond acceptors (Lipinski definition) is 2. The topological polar surface area (TPSA) is 34.1 Å². The van der Waals surface area contributed by atoms with Crippen LogP contribution in [0.5, 0.6) is 0 Å². The van der Waals surface area contributed by atoms with Crippen molar-refractivity contribution < 1.29 is 9.59 Å². The average molecular weight is 310 g/mol. The fraction of sp³-hybridized carbons (Fsp3) is 0.810. The number of allylic oxidation sites excluding steroid dienone is 1. The zero-order chi connectivity index (χ0) is 15.7. The molecule has 0 radical (unpaired) electrons. The van der Waals surface area contributed by atoms with Crippen LogP contribution in [0.2, 0.25) is 0 Å². The van der Waals surface area contributed by atoms with Gasteiger partial charge in [0, 0.05) is 17.8 Å². The summed E-state index contributed by atoms with van der Waals surface area (Å²) in [6.07, 6.45) is 8.66. The van der Waals surface area contributed by atoms with Crippen molar-refractivity contribution in [3.8, 4) is 0 Å². The molecule has 2 nitrogen and oxygen atoms in total. The van der Waals surface area contributed by atoms with E-state index < -0.39 is 0 Å². The maximum absolute atomic E-state index is 12.8. The van der Waals surface area contributed by atoms with E-state index in [9.17, 15) is 9.59 Å². The van der Waals surface area contributed by atoms with E-state index in [0.717, 1.165) is 42.9 Å². The highest BCUT2D eigenvalue weighted by Crippen LogP contribution is 2.77. The van der Waals surface area contributed by atoms with Crippen molar-refractivity contribution >= 4 is 11.6 Å². The minimum Gasteiger partial charge on any atom is -0.299 e. The van der Waals surface area contributed by atoms with Crippen LogP contribution in [0.15, 0.2) is 11.6 Å². The normalized spacial score (nSPS) is 61.7. The van der Waals surface area contributed by atoms with Crippen LogP contribution in [0.1, 0.15) is 52.4 Å². The summed E-state index contributed by atoms with van der Waals surface area (Å²) in [6, 6.07) is 0. The van der Waals surface area contributed by atoms with Crippen molar-refractivity contribution in [2.75, 3.05) is 0 Å². The van der Waals surface area contributed by atoms with Gasteiger partial charge in [0.1, 0.15) is 5.78 Å². The molecule has 0 N–H and O–H groups in total. The van der Waals surface area contributed by atoms with Gasteiger partial charge in [0.15, 0.2) is 5.78 Å². The van der Waals surface area contributed by atoms with E-state index in [0.29, 0.717) is 29.3 Å². The zero-order valence-electron chi connectivity index (χ0n) is 14.2. The highest BCUT2D eigenvalue weighted by atomic mass is 16.1. The van der Waals surface area contributed by atoms with Crippen LogP contribution in [0.3, 0.4) is 0 Å². The Morgan fingerprint density at radius 1 is 1.00 bits per heavy atom. The van der Waals surface area contributed by atoms with Gasteiger partial charge in [0.25, 0.3) is 0 Å². The van der Waals surface area contributed by atoms with Crippen molar-refractivity contribution in [1.29, 1.82) is 0 Å². The molecule has 0 saturated heterocycles. The molecule has 8 unspecified atom stereocenters. The fourth-order valence-electron chi connectivity index (χ4n) is 8.04. The lowest BCUT2D eigenvalue weighted by molar-refractivity contribution is -0.137. The lowest BCUT2D eigenvalue weighted by Crippen LogP contribution is -2.52. The van der Waals surface area contributed by atoms with Crippen LogP contribution in [0.4, 0.5) is 0 Å². The zero-order valence-corrected chi connectivity index (χ0v) is 14.2. The Hall–Kier alpha value is -0.920. The predicted molar refractivity (Wildman–Crippen MR) is 86.4 cm³/mol. The summed E-state index contributed by atoms with van der Waals surface area (Å²) in [5.41, 5.74) is 1.78. The molecule has 0 amide bonds. The number of rotatable bonds is 0. The van der Waals surface area contributed by atoms with E-state index >= 15 is 0 Å². The number of carbonyl (C=O) groups is 2. The molecule has 23 heavy (non-hydrogen) atoms. The number of carbonyl (C=O) groups excluding carboxylic acids is 2. The van der Waals surface area contributed by atoms with Gasteiger partial charge >= 0.3 is 0 Å². The Morgan fingerprint density at radius 3 is 2.61 bits per heavy atom. The standard InChI is InChI=1S/C21H26O2/c1-20-5-3-10(22)7-16(20)11-8-12(11)17-15(20)4-6-21(2)18(17)13-9-14(13)19(21)23/h7,11-15,17-18H,3-6,8-9H2,1-2H3/t11?,12?,13?,14?,15?,17?,18?,20?,21-/m0/s1. The molecule has 5 fully saturated rings. The number of fused-ring (bicyclic) bond motifs is 10. The van der Waals surface area contributed by atoms with Gasteiger partial charge < -0.3 is 0 Å². The van der Waals surface area contributed by atoms with Gasteiger partial charge in [-0.3, -0.25) is 9.59 Å². The number of hydrogen-bond donors (Lipinski definition) is 0. The predicted octanol–water partition coefficient (Wildman–Crippen LogP) is 3.80. The van der Waals surface area contributed by atoms with E-state index in [1.165, 1.54) is 24.8 Å². The molecule has 0 spiro atoms. The fourth-order valence-corrected chi connectivity index (χ4v) is 8.04. The molecule has 0 aromatic heterocycles. The monoisotopic (exact) mass is 310 g/mol. The first-order chi connectivity index (χ1) is 10.9. The van der Waals surface area contributed by atoms with Crippen molar-refractivity contribution in [2.45, 2.75) is 52.4 Å². The highest BCUT2D eigenvalue weighted by molar-refractivity contribution is 5.93. The molecule has 0 heterocycles. The summed E-state index contributed by atoms with van der Waals surface area (Å²) in [4.78, 5) is 24.8. The lowest BCUT2D eigenvalue weighted by Gasteiger charge is -2.57. The van der Waals surface area contributed by atoms with Crippen molar-refractivity contribution in [3.63, 3.8) is 0 Å². The SMILES string of the molecule is CC12CCC(=O)C=C1C1CC1C1C2CC[C@]2(C)C(=O)C3CC3C12. The molecular formula is C21H26O2. The first-order valence-electron chi connectivity index (χ1n) is 9.74.